The lowest BCUT2D eigenvalue weighted by Gasteiger charge is -2.29. The first kappa shape index (κ1) is 27.0. The number of methoxy groups -OCH3 is 2. The normalized spacial score (nSPS) is 13.2. The van der Waals surface area contributed by atoms with Gasteiger partial charge >= 0.3 is 0 Å². The van der Waals surface area contributed by atoms with Crippen LogP contribution in [0.2, 0.25) is 0 Å². The maximum absolute atomic E-state index is 14.5. The maximum atomic E-state index is 14.5. The second-order valence-corrected chi connectivity index (χ2v) is 9.36. The van der Waals surface area contributed by atoms with Crippen LogP contribution >= 0.6 is 0 Å². The van der Waals surface area contributed by atoms with Crippen LogP contribution in [0, 0.1) is 12.7 Å². The van der Waals surface area contributed by atoms with Gasteiger partial charge in [0.15, 0.2) is 11.5 Å². The summed E-state index contributed by atoms with van der Waals surface area (Å²) in [4.78, 5) is 14.9. The largest absolute Gasteiger partial charge is 0.493 e. The van der Waals surface area contributed by atoms with Crippen molar-refractivity contribution in [3.8, 4) is 22.8 Å². The number of carbonyl (C=O) groups is 1. The van der Waals surface area contributed by atoms with E-state index in [0.29, 0.717) is 49.2 Å². The Balaban J connectivity index is 1.30. The van der Waals surface area contributed by atoms with Gasteiger partial charge in [-0.15, -0.1) is 0 Å². The number of halogens is 1. The van der Waals surface area contributed by atoms with Crippen LogP contribution in [-0.4, -0.2) is 51.6 Å². The number of aromatic nitrogens is 1. The molecule has 4 aromatic rings. The van der Waals surface area contributed by atoms with Gasteiger partial charge in [0.25, 0.3) is 5.91 Å². The Bertz CT molecular complexity index is 1500. The molecule has 5 rings (SSSR count). The van der Waals surface area contributed by atoms with E-state index < -0.39 is 5.91 Å². The first-order chi connectivity index (χ1) is 19.4. The van der Waals surface area contributed by atoms with Crippen molar-refractivity contribution in [3.63, 3.8) is 0 Å². The average Bonchev–Trinajstić information content (AvgIpc) is 3.47. The van der Waals surface area contributed by atoms with Gasteiger partial charge in [-0.05, 0) is 48.9 Å². The fraction of sp³-hybridized carbons (Fsp3) is 0.267. The second-order valence-electron chi connectivity index (χ2n) is 9.36. The zero-order chi connectivity index (χ0) is 28.1. The van der Waals surface area contributed by atoms with Crippen molar-refractivity contribution in [2.45, 2.75) is 13.5 Å². The lowest BCUT2D eigenvalue weighted by atomic mass is 10.0. The molecule has 0 atom stereocenters. The van der Waals surface area contributed by atoms with Gasteiger partial charge in [0, 0.05) is 53.9 Å². The summed E-state index contributed by atoms with van der Waals surface area (Å²) in [6.45, 7) is 4.83. The summed E-state index contributed by atoms with van der Waals surface area (Å²) >= 11 is 0. The molecule has 0 radical (unpaired) electrons. The number of hydrogen-bond donors (Lipinski definition) is 2. The number of nitrogens with zero attached hydrogens (tertiary/aromatic N) is 2. The quantitative estimate of drug-likeness (QED) is 0.291. The summed E-state index contributed by atoms with van der Waals surface area (Å²) in [5, 5.41) is 10.3. The highest BCUT2D eigenvalue weighted by atomic mass is 19.1. The predicted octanol–water partition coefficient (Wildman–Crippen LogP) is 5.32. The maximum Gasteiger partial charge on any atom is 0.290 e. The van der Waals surface area contributed by atoms with E-state index in [-0.39, 0.29) is 18.1 Å². The molecule has 10 heteroatoms. The molecule has 1 aliphatic rings. The molecule has 2 heterocycles. The number of morpholine rings is 1. The Morgan fingerprint density at radius 2 is 1.85 bits per heavy atom. The number of nitrogens with one attached hydrogen (secondary N) is 2. The van der Waals surface area contributed by atoms with E-state index in [2.05, 4.69) is 20.7 Å². The molecule has 0 bridgehead atoms. The molecule has 208 valence electrons. The standard InChI is InChI=1S/C30H31FN4O5/c1-19-7-8-22(33-23-13-21(31)14-24(15-23)35-9-11-39-12-10-35)16-25(19)26-17-28(40-34-26)30(36)32-18-20-5-4-6-27(37-2)29(20)38-3/h4-8,13-17,33H,9-12,18H2,1-3H3,(H,32,36). The Labute approximate surface area is 231 Å². The van der Waals surface area contributed by atoms with E-state index in [4.69, 9.17) is 18.7 Å². The number of carbonyl (C=O) groups excluding carboxylic acids is 1. The molecule has 1 amide bonds. The molecule has 1 saturated heterocycles. The first-order valence-electron chi connectivity index (χ1n) is 12.9. The zero-order valence-electron chi connectivity index (χ0n) is 22.6. The Morgan fingerprint density at radius 1 is 1.02 bits per heavy atom. The van der Waals surface area contributed by atoms with Crippen molar-refractivity contribution >= 4 is 23.0 Å². The van der Waals surface area contributed by atoms with Gasteiger partial charge in [0.05, 0.1) is 27.4 Å². The van der Waals surface area contributed by atoms with Crippen LogP contribution < -0.4 is 25.0 Å². The van der Waals surface area contributed by atoms with Crippen LogP contribution in [0.3, 0.4) is 0 Å². The Kier molecular flexibility index (Phi) is 8.16. The van der Waals surface area contributed by atoms with Gasteiger partial charge < -0.3 is 34.3 Å². The van der Waals surface area contributed by atoms with Gasteiger partial charge in [0.1, 0.15) is 11.5 Å². The molecule has 1 fully saturated rings. The Morgan fingerprint density at radius 3 is 2.62 bits per heavy atom. The fourth-order valence-electron chi connectivity index (χ4n) is 4.66. The van der Waals surface area contributed by atoms with E-state index >= 15 is 0 Å². The van der Waals surface area contributed by atoms with Crippen LogP contribution in [0.15, 0.2) is 65.2 Å². The van der Waals surface area contributed by atoms with E-state index in [1.807, 2.05) is 43.3 Å². The van der Waals surface area contributed by atoms with Gasteiger partial charge in [0.2, 0.25) is 5.76 Å². The number of para-hydroxylation sites is 1. The highest BCUT2D eigenvalue weighted by Crippen LogP contribution is 2.32. The monoisotopic (exact) mass is 546 g/mol. The highest BCUT2D eigenvalue weighted by molar-refractivity contribution is 5.92. The molecule has 9 nitrogen and oxygen atoms in total. The number of hydrogen-bond acceptors (Lipinski definition) is 8. The minimum absolute atomic E-state index is 0.0786. The molecule has 0 saturated carbocycles. The number of rotatable bonds is 9. The summed E-state index contributed by atoms with van der Waals surface area (Å²) in [7, 11) is 3.11. The SMILES string of the molecule is COc1cccc(CNC(=O)c2cc(-c3cc(Nc4cc(F)cc(N5CCOCC5)c4)ccc3C)no2)c1OC. The molecule has 40 heavy (non-hydrogen) atoms. The number of anilines is 3. The van der Waals surface area contributed by atoms with E-state index in [9.17, 15) is 9.18 Å². The summed E-state index contributed by atoms with van der Waals surface area (Å²) in [5.41, 5.74) is 5.18. The van der Waals surface area contributed by atoms with Crippen LogP contribution in [0.25, 0.3) is 11.3 Å². The van der Waals surface area contributed by atoms with Crippen molar-refractivity contribution in [3.05, 3.63) is 83.4 Å². The highest BCUT2D eigenvalue weighted by Gasteiger charge is 2.18. The average molecular weight is 547 g/mol. The van der Waals surface area contributed by atoms with Gasteiger partial charge in [-0.2, -0.15) is 0 Å². The first-order valence-corrected chi connectivity index (χ1v) is 12.9. The van der Waals surface area contributed by atoms with E-state index in [1.54, 1.807) is 26.4 Å². The number of amides is 1. The van der Waals surface area contributed by atoms with Crippen LogP contribution in [0.5, 0.6) is 11.5 Å². The van der Waals surface area contributed by atoms with E-state index in [1.165, 1.54) is 12.1 Å². The second kappa shape index (κ2) is 12.1. The van der Waals surface area contributed by atoms with Crippen molar-refractivity contribution in [1.29, 1.82) is 0 Å². The molecule has 0 aliphatic carbocycles. The summed E-state index contributed by atoms with van der Waals surface area (Å²) in [5.74, 6) is 0.480. The fourth-order valence-corrected chi connectivity index (χ4v) is 4.66. The third-order valence-electron chi connectivity index (χ3n) is 6.72. The minimum atomic E-state index is -0.411. The lowest BCUT2D eigenvalue weighted by molar-refractivity contribution is 0.0913. The summed E-state index contributed by atoms with van der Waals surface area (Å²) in [6, 6.07) is 17.7. The Hall–Kier alpha value is -4.57. The molecular weight excluding hydrogens is 515 g/mol. The molecular formula is C30H31FN4O5. The number of benzene rings is 3. The van der Waals surface area contributed by atoms with Crippen molar-refractivity contribution in [2.75, 3.05) is 50.7 Å². The number of ether oxygens (including phenoxy) is 3. The van der Waals surface area contributed by atoms with Crippen molar-refractivity contribution in [1.82, 2.24) is 10.5 Å². The lowest BCUT2D eigenvalue weighted by Crippen LogP contribution is -2.36. The predicted molar refractivity (Wildman–Crippen MR) is 150 cm³/mol. The molecule has 0 spiro atoms. The molecule has 1 aromatic heterocycles. The molecule has 2 N–H and O–H groups in total. The van der Waals surface area contributed by atoms with Crippen molar-refractivity contribution in [2.24, 2.45) is 0 Å². The van der Waals surface area contributed by atoms with Crippen molar-refractivity contribution < 1.29 is 27.9 Å². The molecule has 1 aliphatic heterocycles. The molecule has 0 unspecified atom stereocenters. The van der Waals surface area contributed by atoms with Gasteiger partial charge in [-0.3, -0.25) is 4.79 Å². The topological polar surface area (TPSA) is 98.1 Å². The van der Waals surface area contributed by atoms with Gasteiger partial charge in [-0.25, -0.2) is 4.39 Å². The third-order valence-corrected chi connectivity index (χ3v) is 6.72. The van der Waals surface area contributed by atoms with E-state index in [0.717, 1.165) is 28.1 Å². The summed E-state index contributed by atoms with van der Waals surface area (Å²) in [6.07, 6.45) is 0. The minimum Gasteiger partial charge on any atom is -0.493 e. The number of aryl methyl sites for hydroxylation is 1. The zero-order valence-corrected chi connectivity index (χ0v) is 22.6. The van der Waals surface area contributed by atoms with Gasteiger partial charge in [-0.1, -0.05) is 23.4 Å². The summed E-state index contributed by atoms with van der Waals surface area (Å²) < 4.78 is 36.0. The molecule has 3 aromatic carbocycles. The van der Waals surface area contributed by atoms with Crippen LogP contribution in [0.4, 0.5) is 21.5 Å². The van der Waals surface area contributed by atoms with Crippen LogP contribution in [-0.2, 0) is 11.3 Å². The smallest absolute Gasteiger partial charge is 0.290 e. The third kappa shape index (κ3) is 6.02. The van der Waals surface area contributed by atoms with Crippen LogP contribution in [0.1, 0.15) is 21.7 Å².